The fourth-order valence-electron chi connectivity index (χ4n) is 2.36. The van der Waals surface area contributed by atoms with Gasteiger partial charge in [-0.15, -0.1) is 16.4 Å². The molecule has 27 heavy (non-hydrogen) atoms. The molecule has 142 valence electrons. The van der Waals surface area contributed by atoms with Crippen molar-refractivity contribution in [3.05, 3.63) is 46.5 Å². The second kappa shape index (κ2) is 8.83. The van der Waals surface area contributed by atoms with Gasteiger partial charge in [0.05, 0.1) is 18.8 Å². The maximum Gasteiger partial charge on any atom is 0.242 e. The van der Waals surface area contributed by atoms with Crippen LogP contribution in [0.2, 0.25) is 0 Å². The zero-order chi connectivity index (χ0) is 19.2. The van der Waals surface area contributed by atoms with Gasteiger partial charge in [-0.05, 0) is 31.3 Å². The second-order valence-electron chi connectivity index (χ2n) is 6.53. The van der Waals surface area contributed by atoms with Gasteiger partial charge in [0, 0.05) is 17.0 Å². The molecule has 3 aromatic rings. The second-order valence-corrected chi connectivity index (χ2v) is 7.47. The van der Waals surface area contributed by atoms with Gasteiger partial charge in [0.2, 0.25) is 5.91 Å². The summed E-state index contributed by atoms with van der Waals surface area (Å²) in [5, 5.41) is 17.4. The molecule has 0 spiro atoms. The highest BCUT2D eigenvalue weighted by molar-refractivity contribution is 7.09. The highest BCUT2D eigenvalue weighted by Gasteiger charge is 2.14. The van der Waals surface area contributed by atoms with Crippen LogP contribution in [0.3, 0.4) is 0 Å². The molecule has 0 bridgehead atoms. The molecule has 0 atom stereocenters. The first kappa shape index (κ1) is 19.1. The van der Waals surface area contributed by atoms with Crippen molar-refractivity contribution in [2.24, 2.45) is 0 Å². The van der Waals surface area contributed by atoms with Crippen LogP contribution in [0.25, 0.3) is 11.3 Å². The van der Waals surface area contributed by atoms with E-state index in [1.807, 2.05) is 42.8 Å². The van der Waals surface area contributed by atoms with Crippen LogP contribution in [0.1, 0.15) is 24.7 Å². The summed E-state index contributed by atoms with van der Waals surface area (Å²) in [4.78, 5) is 19.0. The molecule has 0 saturated heterocycles. The zero-order valence-corrected chi connectivity index (χ0v) is 16.5. The van der Waals surface area contributed by atoms with Gasteiger partial charge in [0.15, 0.2) is 5.82 Å². The Hall–Kier alpha value is -2.65. The van der Waals surface area contributed by atoms with E-state index >= 15 is 0 Å². The number of carbonyl (C=O) groups is 1. The lowest BCUT2D eigenvalue weighted by molar-refractivity contribution is -0.122. The molecule has 0 unspecified atom stereocenters. The largest absolute Gasteiger partial charge is 0.348 e. The highest BCUT2D eigenvalue weighted by atomic mass is 32.1. The number of carbonyl (C=O) groups excluding carboxylic acids is 1. The number of thiazole rings is 1. The lowest BCUT2D eigenvalue weighted by Crippen LogP contribution is -2.31. The Bertz CT molecular complexity index is 875. The average Bonchev–Trinajstić information content (AvgIpc) is 3.30. The molecular weight excluding hydrogens is 362 g/mol. The van der Waals surface area contributed by atoms with Crippen molar-refractivity contribution in [1.29, 1.82) is 0 Å². The standard InChI is InChI=1S/C18H23N7OS/c1-13(2)24(3)10-16-21-22-23-25(16)11-17(26)19-9-18-20-15(12-27-18)14-7-5-4-6-8-14/h4-8,12-13H,9-11H2,1-3H3,(H,19,26). The maximum absolute atomic E-state index is 12.3. The van der Waals surface area contributed by atoms with Gasteiger partial charge in [0.25, 0.3) is 0 Å². The van der Waals surface area contributed by atoms with E-state index in [0.717, 1.165) is 16.3 Å². The van der Waals surface area contributed by atoms with E-state index in [-0.39, 0.29) is 12.5 Å². The van der Waals surface area contributed by atoms with Crippen molar-refractivity contribution in [1.82, 2.24) is 35.4 Å². The summed E-state index contributed by atoms with van der Waals surface area (Å²) >= 11 is 1.53. The van der Waals surface area contributed by atoms with Crippen LogP contribution in [0.5, 0.6) is 0 Å². The number of hydrogen-bond acceptors (Lipinski definition) is 7. The number of rotatable bonds is 8. The molecular formula is C18H23N7OS. The van der Waals surface area contributed by atoms with E-state index in [2.05, 4.69) is 44.6 Å². The van der Waals surface area contributed by atoms with Gasteiger partial charge < -0.3 is 5.32 Å². The first-order chi connectivity index (χ1) is 13.0. The predicted octanol–water partition coefficient (Wildman–Crippen LogP) is 1.95. The molecule has 1 amide bonds. The smallest absolute Gasteiger partial charge is 0.242 e. The monoisotopic (exact) mass is 385 g/mol. The first-order valence-electron chi connectivity index (χ1n) is 8.74. The predicted molar refractivity (Wildman–Crippen MR) is 104 cm³/mol. The molecule has 1 N–H and O–H groups in total. The Morgan fingerprint density at radius 3 is 2.81 bits per heavy atom. The number of nitrogens with zero attached hydrogens (tertiary/aromatic N) is 6. The molecule has 0 fully saturated rings. The lowest BCUT2D eigenvalue weighted by Gasteiger charge is -2.19. The highest BCUT2D eigenvalue weighted by Crippen LogP contribution is 2.21. The van der Waals surface area contributed by atoms with Gasteiger partial charge in [-0.2, -0.15) is 0 Å². The Kier molecular flexibility index (Phi) is 6.25. The molecule has 0 saturated carbocycles. The lowest BCUT2D eigenvalue weighted by atomic mass is 10.2. The van der Waals surface area contributed by atoms with Crippen LogP contribution in [-0.2, 0) is 24.4 Å². The molecule has 2 heterocycles. The van der Waals surface area contributed by atoms with Crippen molar-refractivity contribution in [3.63, 3.8) is 0 Å². The van der Waals surface area contributed by atoms with E-state index in [4.69, 9.17) is 0 Å². The quantitative estimate of drug-likeness (QED) is 0.638. The third kappa shape index (κ3) is 5.18. The Morgan fingerprint density at radius 1 is 1.30 bits per heavy atom. The topological polar surface area (TPSA) is 88.8 Å². The summed E-state index contributed by atoms with van der Waals surface area (Å²) in [5.74, 6) is 0.522. The summed E-state index contributed by atoms with van der Waals surface area (Å²) in [6, 6.07) is 10.3. The summed E-state index contributed by atoms with van der Waals surface area (Å²) in [7, 11) is 2.00. The summed E-state index contributed by atoms with van der Waals surface area (Å²) in [6.07, 6.45) is 0. The van der Waals surface area contributed by atoms with Crippen LogP contribution < -0.4 is 5.32 Å². The zero-order valence-electron chi connectivity index (χ0n) is 15.7. The van der Waals surface area contributed by atoms with Gasteiger partial charge in [0.1, 0.15) is 11.6 Å². The minimum atomic E-state index is -0.146. The number of benzene rings is 1. The summed E-state index contributed by atoms with van der Waals surface area (Å²) < 4.78 is 1.53. The average molecular weight is 385 g/mol. The third-order valence-corrected chi connectivity index (χ3v) is 5.08. The Morgan fingerprint density at radius 2 is 2.07 bits per heavy atom. The van der Waals surface area contributed by atoms with Crippen LogP contribution in [0.4, 0.5) is 0 Å². The minimum Gasteiger partial charge on any atom is -0.348 e. The van der Waals surface area contributed by atoms with Crippen molar-refractivity contribution in [2.75, 3.05) is 7.05 Å². The number of aromatic nitrogens is 5. The number of amides is 1. The fraction of sp³-hybridized carbons (Fsp3) is 0.389. The summed E-state index contributed by atoms with van der Waals surface area (Å²) in [5.41, 5.74) is 1.99. The molecule has 9 heteroatoms. The minimum absolute atomic E-state index is 0.0885. The maximum atomic E-state index is 12.3. The van der Waals surface area contributed by atoms with Crippen LogP contribution >= 0.6 is 11.3 Å². The van der Waals surface area contributed by atoms with E-state index in [9.17, 15) is 4.79 Å². The van der Waals surface area contributed by atoms with E-state index in [1.165, 1.54) is 16.0 Å². The Labute approximate surface area is 162 Å². The van der Waals surface area contributed by atoms with Crippen molar-refractivity contribution >= 4 is 17.2 Å². The molecule has 3 rings (SSSR count). The first-order valence-corrected chi connectivity index (χ1v) is 9.62. The molecule has 0 radical (unpaired) electrons. The third-order valence-electron chi connectivity index (χ3n) is 4.23. The van der Waals surface area contributed by atoms with E-state index in [0.29, 0.717) is 25.0 Å². The van der Waals surface area contributed by atoms with Crippen LogP contribution in [0, 0.1) is 0 Å². The molecule has 0 aliphatic carbocycles. The molecule has 0 aliphatic heterocycles. The molecule has 1 aromatic carbocycles. The van der Waals surface area contributed by atoms with Gasteiger partial charge in [-0.3, -0.25) is 9.69 Å². The SMILES string of the molecule is CC(C)N(C)Cc1nnnn1CC(=O)NCc1nc(-c2ccccc2)cs1. The fourth-order valence-corrected chi connectivity index (χ4v) is 3.11. The molecule has 0 aliphatic rings. The van der Waals surface area contributed by atoms with E-state index < -0.39 is 0 Å². The van der Waals surface area contributed by atoms with Gasteiger partial charge >= 0.3 is 0 Å². The Balaban J connectivity index is 1.54. The van der Waals surface area contributed by atoms with Crippen LogP contribution in [0.15, 0.2) is 35.7 Å². The normalized spacial score (nSPS) is 11.3. The van der Waals surface area contributed by atoms with E-state index in [1.54, 1.807) is 0 Å². The molecule has 8 nitrogen and oxygen atoms in total. The van der Waals surface area contributed by atoms with Crippen LogP contribution in [-0.4, -0.2) is 49.1 Å². The molecule has 2 aromatic heterocycles. The number of nitrogens with one attached hydrogen (secondary N) is 1. The van der Waals surface area contributed by atoms with Crippen molar-refractivity contribution in [2.45, 2.75) is 39.5 Å². The summed E-state index contributed by atoms with van der Waals surface area (Å²) in [6.45, 7) is 5.26. The number of tetrazole rings is 1. The van der Waals surface area contributed by atoms with Gasteiger partial charge in [-0.1, -0.05) is 30.3 Å². The van der Waals surface area contributed by atoms with Crippen molar-refractivity contribution < 1.29 is 4.79 Å². The van der Waals surface area contributed by atoms with Crippen molar-refractivity contribution in [3.8, 4) is 11.3 Å². The number of hydrogen-bond donors (Lipinski definition) is 1. The van der Waals surface area contributed by atoms with Gasteiger partial charge in [-0.25, -0.2) is 9.67 Å².